The summed E-state index contributed by atoms with van der Waals surface area (Å²) in [6.07, 6.45) is 0. The number of benzene rings is 2. The second-order valence-corrected chi connectivity index (χ2v) is 5.11. The molecule has 0 aliphatic heterocycles. The molecule has 0 unspecified atom stereocenters. The molecule has 0 bridgehead atoms. The molecule has 0 aliphatic rings. The third-order valence-corrected chi connectivity index (χ3v) is 3.51. The topological polar surface area (TPSA) is 33.0 Å². The molecule has 0 saturated heterocycles. The van der Waals surface area contributed by atoms with E-state index in [9.17, 15) is 4.39 Å². The van der Waals surface area contributed by atoms with E-state index in [4.69, 9.17) is 10.00 Å². The summed E-state index contributed by atoms with van der Waals surface area (Å²) in [5.74, 6) is 0.305. The first-order chi connectivity index (χ1) is 8.61. The maximum Gasteiger partial charge on any atom is 0.146 e. The molecule has 0 amide bonds. The van der Waals surface area contributed by atoms with E-state index in [-0.39, 0.29) is 0 Å². The van der Waals surface area contributed by atoms with Gasteiger partial charge in [-0.25, -0.2) is 4.39 Å². The standard InChI is InChI=1S/C13H6Br2FNO/c14-10-2-1-3-13(9(10)7-17)18-8-4-5-11(15)12(16)6-8/h1-6H. The monoisotopic (exact) mass is 369 g/mol. The van der Waals surface area contributed by atoms with Crippen LogP contribution in [0.3, 0.4) is 0 Å². The molecule has 2 aromatic carbocycles. The van der Waals surface area contributed by atoms with E-state index < -0.39 is 5.82 Å². The van der Waals surface area contributed by atoms with E-state index >= 15 is 0 Å². The van der Waals surface area contributed by atoms with Gasteiger partial charge in [-0.3, -0.25) is 0 Å². The van der Waals surface area contributed by atoms with E-state index in [1.807, 2.05) is 6.07 Å². The lowest BCUT2D eigenvalue weighted by Gasteiger charge is -2.08. The molecule has 0 atom stereocenters. The Hall–Kier alpha value is -1.38. The first kappa shape index (κ1) is 13.1. The van der Waals surface area contributed by atoms with E-state index in [1.165, 1.54) is 6.07 Å². The Morgan fingerprint density at radius 1 is 1.11 bits per heavy atom. The Morgan fingerprint density at radius 2 is 1.89 bits per heavy atom. The van der Waals surface area contributed by atoms with Gasteiger partial charge in [-0.2, -0.15) is 5.26 Å². The molecule has 0 fully saturated rings. The van der Waals surface area contributed by atoms with E-state index in [0.717, 1.165) is 0 Å². The molecule has 0 aromatic heterocycles. The normalized spacial score (nSPS) is 9.89. The second-order valence-electron chi connectivity index (χ2n) is 3.40. The number of nitrogens with zero attached hydrogens (tertiary/aromatic N) is 1. The number of halogens is 3. The van der Waals surface area contributed by atoms with Crippen molar-refractivity contribution in [2.45, 2.75) is 0 Å². The minimum absolute atomic E-state index is 0.338. The van der Waals surface area contributed by atoms with E-state index in [1.54, 1.807) is 30.3 Å². The molecule has 2 nitrogen and oxygen atoms in total. The largest absolute Gasteiger partial charge is 0.456 e. The van der Waals surface area contributed by atoms with Gasteiger partial charge in [0.2, 0.25) is 0 Å². The summed E-state index contributed by atoms with van der Waals surface area (Å²) < 4.78 is 19.9. The molecule has 0 heterocycles. The van der Waals surface area contributed by atoms with Gasteiger partial charge < -0.3 is 4.74 Å². The van der Waals surface area contributed by atoms with Crippen molar-refractivity contribution in [2.75, 3.05) is 0 Å². The van der Waals surface area contributed by atoms with Crippen LogP contribution in [0.25, 0.3) is 0 Å². The molecule has 90 valence electrons. The molecule has 0 N–H and O–H groups in total. The maximum absolute atomic E-state index is 13.3. The molecular weight excluding hydrogens is 365 g/mol. The van der Waals surface area contributed by atoms with Gasteiger partial charge in [0, 0.05) is 10.5 Å². The van der Waals surface area contributed by atoms with Crippen molar-refractivity contribution in [3.05, 3.63) is 56.7 Å². The fourth-order valence-electron chi connectivity index (χ4n) is 1.37. The third kappa shape index (κ3) is 2.71. The maximum atomic E-state index is 13.3. The van der Waals surface area contributed by atoms with Crippen LogP contribution >= 0.6 is 31.9 Å². The van der Waals surface area contributed by atoms with Crippen molar-refractivity contribution in [3.63, 3.8) is 0 Å². The zero-order valence-corrected chi connectivity index (χ0v) is 12.1. The highest BCUT2D eigenvalue weighted by Crippen LogP contribution is 2.31. The average molecular weight is 371 g/mol. The van der Waals surface area contributed by atoms with Gasteiger partial charge in [-0.1, -0.05) is 6.07 Å². The summed E-state index contributed by atoms with van der Waals surface area (Å²) in [6.45, 7) is 0. The summed E-state index contributed by atoms with van der Waals surface area (Å²) in [5, 5.41) is 9.03. The Balaban J connectivity index is 2.37. The SMILES string of the molecule is N#Cc1c(Br)cccc1Oc1ccc(Br)c(F)c1. The smallest absolute Gasteiger partial charge is 0.146 e. The molecule has 0 spiro atoms. The highest BCUT2D eigenvalue weighted by atomic mass is 79.9. The first-order valence-corrected chi connectivity index (χ1v) is 6.52. The summed E-state index contributed by atoms with van der Waals surface area (Å²) in [6, 6.07) is 11.6. The zero-order chi connectivity index (χ0) is 13.1. The Labute approximate surface area is 120 Å². The van der Waals surface area contributed by atoms with Gasteiger partial charge in [0.15, 0.2) is 0 Å². The second kappa shape index (κ2) is 5.51. The van der Waals surface area contributed by atoms with Crippen molar-refractivity contribution < 1.29 is 9.13 Å². The lowest BCUT2D eigenvalue weighted by molar-refractivity contribution is 0.474. The molecule has 0 saturated carbocycles. The molecule has 5 heteroatoms. The molecule has 0 aliphatic carbocycles. The van der Waals surface area contributed by atoms with Gasteiger partial charge >= 0.3 is 0 Å². The molecular formula is C13H6Br2FNO. The predicted octanol–water partition coefficient (Wildman–Crippen LogP) is 5.01. The minimum atomic E-state index is -0.416. The van der Waals surface area contributed by atoms with Crippen LogP contribution < -0.4 is 4.74 Å². The van der Waals surface area contributed by atoms with Gasteiger partial charge in [0.25, 0.3) is 0 Å². The summed E-state index contributed by atoms with van der Waals surface area (Å²) >= 11 is 6.33. The van der Waals surface area contributed by atoms with Crippen LogP contribution in [-0.2, 0) is 0 Å². The molecule has 0 radical (unpaired) electrons. The number of ether oxygens (including phenoxy) is 1. The Kier molecular flexibility index (Phi) is 4.00. The van der Waals surface area contributed by atoms with Gasteiger partial charge in [0.1, 0.15) is 28.9 Å². The Morgan fingerprint density at radius 3 is 2.56 bits per heavy atom. The predicted molar refractivity (Wildman–Crippen MR) is 73.0 cm³/mol. The fourth-order valence-corrected chi connectivity index (χ4v) is 2.05. The third-order valence-electron chi connectivity index (χ3n) is 2.21. The quantitative estimate of drug-likeness (QED) is 0.743. The Bertz CT molecular complexity index is 637. The van der Waals surface area contributed by atoms with Gasteiger partial charge in [-0.15, -0.1) is 0 Å². The molecule has 2 aromatic rings. The van der Waals surface area contributed by atoms with Crippen molar-refractivity contribution in [3.8, 4) is 17.6 Å². The van der Waals surface area contributed by atoms with Crippen molar-refractivity contribution >= 4 is 31.9 Å². The number of hydrogen-bond acceptors (Lipinski definition) is 2. The summed E-state index contributed by atoms with van der Waals surface area (Å²) in [7, 11) is 0. The number of nitriles is 1. The van der Waals surface area contributed by atoms with Crippen molar-refractivity contribution in [1.82, 2.24) is 0 Å². The van der Waals surface area contributed by atoms with Crippen LogP contribution in [0.15, 0.2) is 45.3 Å². The molecule has 18 heavy (non-hydrogen) atoms. The van der Waals surface area contributed by atoms with E-state index in [2.05, 4.69) is 31.9 Å². The van der Waals surface area contributed by atoms with Gasteiger partial charge in [-0.05, 0) is 56.1 Å². The lowest BCUT2D eigenvalue weighted by atomic mass is 10.2. The van der Waals surface area contributed by atoms with Gasteiger partial charge in [0.05, 0.1) is 4.47 Å². The number of hydrogen-bond donors (Lipinski definition) is 0. The van der Waals surface area contributed by atoms with E-state index in [0.29, 0.717) is 26.0 Å². The summed E-state index contributed by atoms with van der Waals surface area (Å²) in [4.78, 5) is 0. The number of rotatable bonds is 2. The lowest BCUT2D eigenvalue weighted by Crippen LogP contribution is -1.90. The van der Waals surface area contributed by atoms with Crippen LogP contribution in [0.2, 0.25) is 0 Å². The highest BCUT2D eigenvalue weighted by Gasteiger charge is 2.09. The van der Waals surface area contributed by atoms with Crippen LogP contribution in [0.1, 0.15) is 5.56 Å². The van der Waals surface area contributed by atoms with Crippen LogP contribution in [-0.4, -0.2) is 0 Å². The fraction of sp³-hybridized carbons (Fsp3) is 0. The van der Waals surface area contributed by atoms with Crippen molar-refractivity contribution in [2.24, 2.45) is 0 Å². The van der Waals surface area contributed by atoms with Crippen LogP contribution in [0.5, 0.6) is 11.5 Å². The van der Waals surface area contributed by atoms with Crippen LogP contribution in [0, 0.1) is 17.1 Å². The molecule has 2 rings (SSSR count). The first-order valence-electron chi connectivity index (χ1n) is 4.93. The van der Waals surface area contributed by atoms with Crippen LogP contribution in [0.4, 0.5) is 4.39 Å². The highest BCUT2D eigenvalue weighted by molar-refractivity contribution is 9.10. The zero-order valence-electron chi connectivity index (χ0n) is 8.95. The minimum Gasteiger partial charge on any atom is -0.456 e. The summed E-state index contributed by atoms with van der Waals surface area (Å²) in [5.41, 5.74) is 0.376. The van der Waals surface area contributed by atoms with Crippen molar-refractivity contribution in [1.29, 1.82) is 5.26 Å². The average Bonchev–Trinajstić information content (AvgIpc) is 2.34.